The van der Waals surface area contributed by atoms with Crippen LogP contribution in [0, 0.1) is 23.7 Å². The lowest BCUT2D eigenvalue weighted by Crippen LogP contribution is -2.14. The highest BCUT2D eigenvalue weighted by atomic mass is 14.9. The SMILES string of the molecule is CCC1CCC(C=[N+](C)C)CCCCC(C)C(C)C1. The average molecular weight is 266 g/mol. The Kier molecular flexibility index (Phi) is 7.71. The first-order valence-electron chi connectivity index (χ1n) is 8.54. The van der Waals surface area contributed by atoms with E-state index in [0.717, 1.165) is 23.7 Å². The Morgan fingerprint density at radius 1 is 0.947 bits per heavy atom. The van der Waals surface area contributed by atoms with E-state index in [1.807, 2.05) is 0 Å². The molecule has 1 aliphatic rings. The zero-order chi connectivity index (χ0) is 14.3. The molecule has 112 valence electrons. The molecule has 0 N–H and O–H groups in total. The van der Waals surface area contributed by atoms with Gasteiger partial charge < -0.3 is 0 Å². The van der Waals surface area contributed by atoms with Crippen molar-refractivity contribution >= 4 is 6.21 Å². The van der Waals surface area contributed by atoms with E-state index < -0.39 is 0 Å². The summed E-state index contributed by atoms with van der Waals surface area (Å²) in [6.07, 6.45) is 13.8. The normalized spacial score (nSPS) is 34.4. The number of hydrogen-bond donors (Lipinski definition) is 0. The summed E-state index contributed by atoms with van der Waals surface area (Å²) in [5.41, 5.74) is 0. The van der Waals surface area contributed by atoms with Gasteiger partial charge >= 0.3 is 0 Å². The fraction of sp³-hybridized carbons (Fsp3) is 0.944. The monoisotopic (exact) mass is 266 g/mol. The Balaban J connectivity index is 2.64. The first-order chi connectivity index (χ1) is 9.02. The molecule has 0 heterocycles. The molecule has 1 saturated carbocycles. The molecule has 1 fully saturated rings. The van der Waals surface area contributed by atoms with E-state index >= 15 is 0 Å². The number of nitrogens with zero attached hydrogens (tertiary/aromatic N) is 1. The molecule has 0 amide bonds. The van der Waals surface area contributed by atoms with Crippen LogP contribution < -0.4 is 0 Å². The van der Waals surface area contributed by atoms with Crippen molar-refractivity contribution in [2.75, 3.05) is 14.1 Å². The van der Waals surface area contributed by atoms with Crippen LogP contribution in [0.5, 0.6) is 0 Å². The summed E-state index contributed by atoms with van der Waals surface area (Å²) in [7, 11) is 4.35. The number of hydrogen-bond acceptors (Lipinski definition) is 0. The van der Waals surface area contributed by atoms with Crippen LogP contribution in [0.3, 0.4) is 0 Å². The molecule has 0 aromatic rings. The molecule has 1 aliphatic carbocycles. The van der Waals surface area contributed by atoms with Gasteiger partial charge in [-0.2, -0.15) is 0 Å². The molecule has 1 nitrogen and oxygen atoms in total. The van der Waals surface area contributed by atoms with Gasteiger partial charge in [-0.1, -0.05) is 46.5 Å². The highest BCUT2D eigenvalue weighted by molar-refractivity contribution is 5.54. The third-order valence-electron chi connectivity index (χ3n) is 5.19. The molecule has 1 rings (SSSR count). The summed E-state index contributed by atoms with van der Waals surface area (Å²) in [4.78, 5) is 0. The Morgan fingerprint density at radius 3 is 2.26 bits per heavy atom. The molecule has 0 spiro atoms. The van der Waals surface area contributed by atoms with Crippen molar-refractivity contribution in [2.45, 2.75) is 72.1 Å². The molecule has 0 aromatic heterocycles. The van der Waals surface area contributed by atoms with Crippen LogP contribution in [-0.4, -0.2) is 24.9 Å². The molecule has 0 aromatic carbocycles. The van der Waals surface area contributed by atoms with Gasteiger partial charge in [-0.05, 0) is 43.4 Å². The van der Waals surface area contributed by atoms with E-state index in [4.69, 9.17) is 0 Å². The standard InChI is InChI=1S/C18H36N/c1-6-17-11-12-18(14-19(4)5)10-8-7-9-15(2)16(3)13-17/h14-18H,6-13H2,1-5H3/q+1. The van der Waals surface area contributed by atoms with Crippen molar-refractivity contribution < 1.29 is 4.58 Å². The van der Waals surface area contributed by atoms with Crippen molar-refractivity contribution in [1.29, 1.82) is 0 Å². The molecular weight excluding hydrogens is 230 g/mol. The van der Waals surface area contributed by atoms with E-state index in [2.05, 4.69) is 45.7 Å². The highest BCUT2D eigenvalue weighted by Crippen LogP contribution is 2.31. The van der Waals surface area contributed by atoms with E-state index in [1.165, 1.54) is 51.4 Å². The van der Waals surface area contributed by atoms with Gasteiger partial charge in [-0.15, -0.1) is 0 Å². The van der Waals surface area contributed by atoms with Crippen molar-refractivity contribution in [1.82, 2.24) is 0 Å². The zero-order valence-corrected chi connectivity index (χ0v) is 14.0. The van der Waals surface area contributed by atoms with Gasteiger partial charge in [0.25, 0.3) is 0 Å². The summed E-state index contributed by atoms with van der Waals surface area (Å²) in [5, 5.41) is 0. The average Bonchev–Trinajstić information content (AvgIpc) is 2.39. The minimum Gasteiger partial charge on any atom is -0.245 e. The Labute approximate surface area is 121 Å². The summed E-state index contributed by atoms with van der Waals surface area (Å²) in [6.45, 7) is 7.33. The third kappa shape index (κ3) is 6.58. The van der Waals surface area contributed by atoms with E-state index in [9.17, 15) is 0 Å². The van der Waals surface area contributed by atoms with Crippen LogP contribution in [0.15, 0.2) is 0 Å². The smallest absolute Gasteiger partial charge is 0.142 e. The molecule has 4 unspecified atom stereocenters. The zero-order valence-electron chi connectivity index (χ0n) is 14.0. The topological polar surface area (TPSA) is 3.01 Å². The molecule has 0 aliphatic heterocycles. The van der Waals surface area contributed by atoms with Gasteiger partial charge in [-0.25, -0.2) is 4.58 Å². The van der Waals surface area contributed by atoms with Gasteiger partial charge in [0.15, 0.2) is 0 Å². The highest BCUT2D eigenvalue weighted by Gasteiger charge is 2.20. The van der Waals surface area contributed by atoms with Crippen molar-refractivity contribution in [3.8, 4) is 0 Å². The summed E-state index contributed by atoms with van der Waals surface area (Å²) in [5.74, 6) is 3.60. The first-order valence-corrected chi connectivity index (χ1v) is 8.54. The predicted molar refractivity (Wildman–Crippen MR) is 86.1 cm³/mol. The third-order valence-corrected chi connectivity index (χ3v) is 5.19. The maximum absolute atomic E-state index is 2.48. The second-order valence-corrected chi connectivity index (χ2v) is 7.20. The van der Waals surface area contributed by atoms with E-state index in [0.29, 0.717) is 0 Å². The molecule has 19 heavy (non-hydrogen) atoms. The second kappa shape index (κ2) is 8.76. The van der Waals surface area contributed by atoms with E-state index in [-0.39, 0.29) is 0 Å². The van der Waals surface area contributed by atoms with Gasteiger partial charge in [-0.3, -0.25) is 0 Å². The lowest BCUT2D eigenvalue weighted by Gasteiger charge is -2.24. The maximum Gasteiger partial charge on any atom is 0.142 e. The maximum atomic E-state index is 2.48. The van der Waals surface area contributed by atoms with Gasteiger partial charge in [0.05, 0.1) is 0 Å². The largest absolute Gasteiger partial charge is 0.245 e. The molecule has 0 saturated heterocycles. The van der Waals surface area contributed by atoms with E-state index in [1.54, 1.807) is 0 Å². The quantitative estimate of drug-likeness (QED) is 0.489. The minimum atomic E-state index is 0.813. The van der Waals surface area contributed by atoms with Crippen molar-refractivity contribution in [3.05, 3.63) is 0 Å². The molecular formula is C18H36N+. The van der Waals surface area contributed by atoms with Crippen LogP contribution in [0.1, 0.15) is 72.1 Å². The molecule has 0 bridgehead atoms. The Bertz CT molecular complexity index is 265. The minimum absolute atomic E-state index is 0.813. The first kappa shape index (κ1) is 16.7. The second-order valence-electron chi connectivity index (χ2n) is 7.20. The number of rotatable bonds is 2. The Morgan fingerprint density at radius 2 is 1.63 bits per heavy atom. The molecule has 1 heteroatoms. The van der Waals surface area contributed by atoms with Crippen LogP contribution in [0.4, 0.5) is 0 Å². The molecule has 4 atom stereocenters. The fourth-order valence-corrected chi connectivity index (χ4v) is 3.57. The summed E-state index contributed by atoms with van der Waals surface area (Å²) in [6, 6.07) is 0. The lowest BCUT2D eigenvalue weighted by atomic mass is 9.82. The van der Waals surface area contributed by atoms with Crippen molar-refractivity contribution in [3.63, 3.8) is 0 Å². The Hall–Kier alpha value is -0.330. The van der Waals surface area contributed by atoms with Gasteiger partial charge in [0, 0.05) is 5.92 Å². The molecule has 0 radical (unpaired) electrons. The van der Waals surface area contributed by atoms with Crippen LogP contribution in [0.25, 0.3) is 0 Å². The fourth-order valence-electron chi connectivity index (χ4n) is 3.57. The van der Waals surface area contributed by atoms with Gasteiger partial charge in [0.2, 0.25) is 0 Å². The van der Waals surface area contributed by atoms with Crippen molar-refractivity contribution in [2.24, 2.45) is 23.7 Å². The summed E-state index contributed by atoms with van der Waals surface area (Å²) < 4.78 is 2.26. The lowest BCUT2D eigenvalue weighted by molar-refractivity contribution is -0.461. The summed E-state index contributed by atoms with van der Waals surface area (Å²) >= 11 is 0. The predicted octanol–water partition coefficient (Wildman–Crippen LogP) is 4.99. The van der Waals surface area contributed by atoms with Crippen LogP contribution in [-0.2, 0) is 0 Å². The van der Waals surface area contributed by atoms with Crippen LogP contribution in [0.2, 0.25) is 0 Å². The van der Waals surface area contributed by atoms with Crippen LogP contribution >= 0.6 is 0 Å². The van der Waals surface area contributed by atoms with Gasteiger partial charge in [0.1, 0.15) is 20.3 Å².